The summed E-state index contributed by atoms with van der Waals surface area (Å²) in [6, 6.07) is 0.196. The van der Waals surface area contributed by atoms with E-state index >= 15 is 0 Å². The van der Waals surface area contributed by atoms with Gasteiger partial charge in [0.05, 0.1) is 6.61 Å². The minimum Gasteiger partial charge on any atom is -0.463 e. The van der Waals surface area contributed by atoms with Crippen LogP contribution in [0.2, 0.25) is 5.28 Å². The molecule has 9 heteroatoms. The Kier molecular flexibility index (Phi) is 4.03. The molecule has 3 heterocycles. The topological polar surface area (TPSA) is 87.8 Å². The third-order valence-electron chi connectivity index (χ3n) is 2.99. The van der Waals surface area contributed by atoms with Crippen molar-refractivity contribution in [1.82, 2.24) is 29.7 Å². The standard InChI is InChI=1S/C11H13ClN6O2/c12-9-15-10(18-7-13-6-14-18)17-11(16-9)20-5-8-1-3-19-4-2-8/h6-8H,1-5H2. The van der Waals surface area contributed by atoms with Crippen LogP contribution < -0.4 is 4.74 Å². The average molecular weight is 297 g/mol. The summed E-state index contributed by atoms with van der Waals surface area (Å²) in [5.74, 6) is 0.735. The Bertz CT molecular complexity index is 558. The summed E-state index contributed by atoms with van der Waals surface area (Å²) in [4.78, 5) is 15.9. The SMILES string of the molecule is Clc1nc(OCC2CCOCC2)nc(-n2cncn2)n1. The summed E-state index contributed by atoms with van der Waals surface area (Å²) < 4.78 is 12.3. The Morgan fingerprint density at radius 3 is 2.90 bits per heavy atom. The number of halogens is 1. The van der Waals surface area contributed by atoms with Crippen LogP contribution in [-0.4, -0.2) is 49.5 Å². The van der Waals surface area contributed by atoms with Gasteiger partial charge >= 0.3 is 6.01 Å². The maximum Gasteiger partial charge on any atom is 0.322 e. The van der Waals surface area contributed by atoms with Gasteiger partial charge in [-0.1, -0.05) is 0 Å². The minimum atomic E-state index is 0.0625. The Labute approximate surface area is 120 Å². The number of aromatic nitrogens is 6. The molecule has 20 heavy (non-hydrogen) atoms. The molecule has 0 bridgehead atoms. The predicted molar refractivity (Wildman–Crippen MR) is 68.8 cm³/mol. The maximum absolute atomic E-state index is 5.86. The molecule has 0 N–H and O–H groups in total. The van der Waals surface area contributed by atoms with Gasteiger partial charge in [-0.3, -0.25) is 0 Å². The first kappa shape index (κ1) is 13.2. The quantitative estimate of drug-likeness (QED) is 0.828. The van der Waals surface area contributed by atoms with Crippen molar-refractivity contribution >= 4 is 11.6 Å². The zero-order valence-electron chi connectivity index (χ0n) is 10.6. The number of hydrogen-bond donors (Lipinski definition) is 0. The van der Waals surface area contributed by atoms with Crippen molar-refractivity contribution in [2.75, 3.05) is 19.8 Å². The molecule has 2 aromatic rings. The van der Waals surface area contributed by atoms with Gasteiger partial charge in [-0.25, -0.2) is 4.98 Å². The molecule has 0 atom stereocenters. The van der Waals surface area contributed by atoms with Crippen LogP contribution in [0.1, 0.15) is 12.8 Å². The van der Waals surface area contributed by atoms with E-state index in [0.29, 0.717) is 12.5 Å². The van der Waals surface area contributed by atoms with Crippen molar-refractivity contribution in [3.05, 3.63) is 17.9 Å². The van der Waals surface area contributed by atoms with Gasteiger partial charge in [0.2, 0.25) is 5.28 Å². The van der Waals surface area contributed by atoms with Gasteiger partial charge in [0.15, 0.2) is 0 Å². The molecule has 0 saturated carbocycles. The van der Waals surface area contributed by atoms with Gasteiger partial charge in [-0.15, -0.1) is 0 Å². The Hall–Kier alpha value is -1.80. The van der Waals surface area contributed by atoms with Crippen molar-refractivity contribution in [2.45, 2.75) is 12.8 Å². The molecule has 1 saturated heterocycles. The van der Waals surface area contributed by atoms with Crippen LogP contribution in [0.3, 0.4) is 0 Å². The second kappa shape index (κ2) is 6.10. The first-order chi connectivity index (χ1) is 9.81. The van der Waals surface area contributed by atoms with Crippen molar-refractivity contribution < 1.29 is 9.47 Å². The van der Waals surface area contributed by atoms with Crippen LogP contribution in [-0.2, 0) is 4.74 Å². The van der Waals surface area contributed by atoms with E-state index < -0.39 is 0 Å². The van der Waals surface area contributed by atoms with E-state index in [1.165, 1.54) is 17.3 Å². The number of rotatable bonds is 4. The molecule has 0 radical (unpaired) electrons. The highest BCUT2D eigenvalue weighted by Gasteiger charge is 2.16. The fraction of sp³-hybridized carbons (Fsp3) is 0.545. The maximum atomic E-state index is 5.86. The fourth-order valence-corrected chi connectivity index (χ4v) is 2.05. The van der Waals surface area contributed by atoms with Crippen LogP contribution in [0.25, 0.3) is 5.95 Å². The van der Waals surface area contributed by atoms with Crippen LogP contribution in [0.4, 0.5) is 0 Å². The number of nitrogens with zero attached hydrogens (tertiary/aromatic N) is 6. The summed E-state index contributed by atoms with van der Waals surface area (Å²) in [5.41, 5.74) is 0. The van der Waals surface area contributed by atoms with Gasteiger partial charge in [0, 0.05) is 13.2 Å². The van der Waals surface area contributed by atoms with Crippen molar-refractivity contribution in [1.29, 1.82) is 0 Å². The van der Waals surface area contributed by atoms with Crippen molar-refractivity contribution in [3.8, 4) is 12.0 Å². The third kappa shape index (κ3) is 3.20. The second-order valence-electron chi connectivity index (χ2n) is 4.39. The lowest BCUT2D eigenvalue weighted by Crippen LogP contribution is -2.22. The zero-order valence-corrected chi connectivity index (χ0v) is 11.4. The molecule has 106 valence electrons. The van der Waals surface area contributed by atoms with Crippen LogP contribution in [0.5, 0.6) is 6.01 Å². The number of hydrogen-bond acceptors (Lipinski definition) is 7. The second-order valence-corrected chi connectivity index (χ2v) is 4.73. The Balaban J connectivity index is 1.69. The number of ether oxygens (including phenoxy) is 2. The molecule has 1 fully saturated rings. The first-order valence-corrected chi connectivity index (χ1v) is 6.66. The predicted octanol–water partition coefficient (Wildman–Crippen LogP) is 0.911. The van der Waals surface area contributed by atoms with E-state index in [4.69, 9.17) is 21.1 Å². The van der Waals surface area contributed by atoms with Gasteiger partial charge in [0.25, 0.3) is 5.95 Å². The molecule has 0 aromatic carbocycles. The van der Waals surface area contributed by atoms with Gasteiger partial charge in [-0.2, -0.15) is 24.7 Å². The molecule has 0 spiro atoms. The Morgan fingerprint density at radius 1 is 1.30 bits per heavy atom. The minimum absolute atomic E-state index is 0.0625. The van der Waals surface area contributed by atoms with E-state index in [0.717, 1.165) is 26.1 Å². The summed E-state index contributed by atoms with van der Waals surface area (Å²) in [5, 5.41) is 4.00. The molecule has 8 nitrogen and oxygen atoms in total. The van der Waals surface area contributed by atoms with E-state index in [-0.39, 0.29) is 17.2 Å². The Morgan fingerprint density at radius 2 is 2.15 bits per heavy atom. The first-order valence-electron chi connectivity index (χ1n) is 6.28. The summed E-state index contributed by atoms with van der Waals surface area (Å²) in [6.07, 6.45) is 4.83. The van der Waals surface area contributed by atoms with Crippen LogP contribution >= 0.6 is 11.6 Å². The van der Waals surface area contributed by atoms with Crippen LogP contribution in [0, 0.1) is 5.92 Å². The summed E-state index contributed by atoms with van der Waals surface area (Å²) >= 11 is 5.86. The van der Waals surface area contributed by atoms with E-state index in [2.05, 4.69) is 25.0 Å². The molecular formula is C11H13ClN6O2. The lowest BCUT2D eigenvalue weighted by atomic mass is 10.0. The van der Waals surface area contributed by atoms with Gasteiger partial charge in [0.1, 0.15) is 12.7 Å². The molecular weight excluding hydrogens is 284 g/mol. The summed E-state index contributed by atoms with van der Waals surface area (Å²) in [6.45, 7) is 2.09. The normalized spacial score (nSPS) is 16.2. The lowest BCUT2D eigenvalue weighted by Gasteiger charge is -2.21. The molecule has 0 aliphatic carbocycles. The van der Waals surface area contributed by atoms with Crippen molar-refractivity contribution in [3.63, 3.8) is 0 Å². The molecule has 1 aliphatic rings. The van der Waals surface area contributed by atoms with Crippen LogP contribution in [0.15, 0.2) is 12.7 Å². The smallest absolute Gasteiger partial charge is 0.322 e. The third-order valence-corrected chi connectivity index (χ3v) is 3.16. The monoisotopic (exact) mass is 296 g/mol. The largest absolute Gasteiger partial charge is 0.463 e. The van der Waals surface area contributed by atoms with Crippen molar-refractivity contribution in [2.24, 2.45) is 5.92 Å². The van der Waals surface area contributed by atoms with E-state index in [1.807, 2.05) is 0 Å². The molecule has 0 amide bonds. The molecule has 1 aliphatic heterocycles. The highest BCUT2D eigenvalue weighted by molar-refractivity contribution is 6.28. The van der Waals surface area contributed by atoms with Gasteiger partial charge < -0.3 is 9.47 Å². The zero-order chi connectivity index (χ0) is 13.8. The molecule has 3 rings (SSSR count). The molecule has 0 unspecified atom stereocenters. The fourth-order valence-electron chi connectivity index (χ4n) is 1.91. The average Bonchev–Trinajstić information content (AvgIpc) is 3.00. The highest BCUT2D eigenvalue weighted by atomic mass is 35.5. The summed E-state index contributed by atoms with van der Waals surface area (Å²) in [7, 11) is 0. The molecule has 2 aromatic heterocycles. The van der Waals surface area contributed by atoms with E-state index in [9.17, 15) is 0 Å². The highest BCUT2D eigenvalue weighted by Crippen LogP contribution is 2.17. The van der Waals surface area contributed by atoms with Gasteiger partial charge in [-0.05, 0) is 30.4 Å². The lowest BCUT2D eigenvalue weighted by molar-refractivity contribution is 0.0482. The van der Waals surface area contributed by atoms with E-state index in [1.54, 1.807) is 0 Å².